The average molecular weight is 207 g/mol. The summed E-state index contributed by atoms with van der Waals surface area (Å²) in [5.41, 5.74) is 1.95. The molecule has 0 aliphatic heterocycles. The molecule has 0 saturated heterocycles. The van der Waals surface area contributed by atoms with Crippen molar-refractivity contribution in [1.82, 2.24) is 0 Å². The van der Waals surface area contributed by atoms with Gasteiger partial charge in [0.1, 0.15) is 7.11 Å². The van der Waals surface area contributed by atoms with E-state index in [1.165, 1.54) is 14.2 Å². The van der Waals surface area contributed by atoms with Crippen LogP contribution in [0.15, 0.2) is 29.4 Å². The molecule has 1 aromatic carbocycles. The molecule has 0 saturated carbocycles. The topological polar surface area (TPSA) is 47.9 Å². The largest absolute Gasteiger partial charge is 0.464 e. The van der Waals surface area contributed by atoms with Gasteiger partial charge in [-0.1, -0.05) is 35.0 Å². The summed E-state index contributed by atoms with van der Waals surface area (Å²) in [7, 11) is 2.69. The Hall–Kier alpha value is -1.84. The van der Waals surface area contributed by atoms with Crippen molar-refractivity contribution in [1.29, 1.82) is 0 Å². The molecule has 1 aromatic rings. The van der Waals surface area contributed by atoms with Gasteiger partial charge in [-0.05, 0) is 6.92 Å². The maximum atomic E-state index is 11.4. The van der Waals surface area contributed by atoms with E-state index in [0.29, 0.717) is 5.56 Å². The molecular weight excluding hydrogens is 194 g/mol. The summed E-state index contributed by atoms with van der Waals surface area (Å²) in [5.74, 6) is -0.513. The summed E-state index contributed by atoms with van der Waals surface area (Å²) in [6.07, 6.45) is 0. The lowest BCUT2D eigenvalue weighted by atomic mass is 10.1. The fourth-order valence-corrected chi connectivity index (χ4v) is 1.11. The number of rotatable bonds is 3. The highest BCUT2D eigenvalue weighted by Crippen LogP contribution is 2.06. The van der Waals surface area contributed by atoms with Crippen LogP contribution in [0.4, 0.5) is 0 Å². The number of hydrogen-bond donors (Lipinski definition) is 0. The first-order valence-electron chi connectivity index (χ1n) is 4.45. The third-order valence-corrected chi connectivity index (χ3v) is 1.89. The molecule has 0 N–H and O–H groups in total. The maximum absolute atomic E-state index is 11.4. The minimum absolute atomic E-state index is 0.167. The molecule has 0 radical (unpaired) electrons. The van der Waals surface area contributed by atoms with Gasteiger partial charge in [0.15, 0.2) is 5.71 Å². The van der Waals surface area contributed by atoms with E-state index >= 15 is 0 Å². The van der Waals surface area contributed by atoms with Gasteiger partial charge < -0.3 is 9.57 Å². The van der Waals surface area contributed by atoms with Gasteiger partial charge in [-0.3, -0.25) is 0 Å². The van der Waals surface area contributed by atoms with Gasteiger partial charge >= 0.3 is 5.97 Å². The highest BCUT2D eigenvalue weighted by molar-refractivity contribution is 6.43. The van der Waals surface area contributed by atoms with Crippen molar-refractivity contribution in [3.63, 3.8) is 0 Å². The first-order valence-corrected chi connectivity index (χ1v) is 4.45. The number of esters is 1. The Kier molecular flexibility index (Phi) is 3.85. The fourth-order valence-electron chi connectivity index (χ4n) is 1.11. The van der Waals surface area contributed by atoms with E-state index in [2.05, 4.69) is 14.7 Å². The van der Waals surface area contributed by atoms with E-state index < -0.39 is 5.97 Å². The molecular formula is C11H13NO3. The third kappa shape index (κ3) is 2.80. The first-order chi connectivity index (χ1) is 7.19. The summed E-state index contributed by atoms with van der Waals surface area (Å²) in [6.45, 7) is 1.97. The van der Waals surface area contributed by atoms with Crippen LogP contribution in [0.5, 0.6) is 0 Å². The van der Waals surface area contributed by atoms with Crippen LogP contribution in [0.2, 0.25) is 0 Å². The number of benzene rings is 1. The number of hydrogen-bond acceptors (Lipinski definition) is 4. The summed E-state index contributed by atoms with van der Waals surface area (Å²) in [4.78, 5) is 16.0. The van der Waals surface area contributed by atoms with Crippen molar-refractivity contribution < 1.29 is 14.4 Å². The number of carbonyl (C=O) groups is 1. The fraction of sp³-hybridized carbons (Fsp3) is 0.273. The summed E-state index contributed by atoms with van der Waals surface area (Å²) in [5, 5.41) is 3.64. The molecule has 0 spiro atoms. The number of methoxy groups -OCH3 is 1. The SMILES string of the molecule is CON=C(C(=O)OC)c1ccc(C)cc1. The van der Waals surface area contributed by atoms with Crippen molar-refractivity contribution in [2.75, 3.05) is 14.2 Å². The predicted octanol–water partition coefficient (Wildman–Crippen LogP) is 1.52. The molecule has 0 fully saturated rings. The molecule has 80 valence electrons. The molecule has 0 amide bonds. The van der Waals surface area contributed by atoms with Crippen LogP contribution < -0.4 is 0 Å². The zero-order valence-electron chi connectivity index (χ0n) is 8.98. The molecule has 0 aromatic heterocycles. The molecule has 0 atom stereocenters. The molecule has 0 aliphatic carbocycles. The number of oxime groups is 1. The second-order valence-electron chi connectivity index (χ2n) is 2.98. The van der Waals surface area contributed by atoms with Gasteiger partial charge in [-0.15, -0.1) is 0 Å². The monoisotopic (exact) mass is 207 g/mol. The van der Waals surface area contributed by atoms with Crippen molar-refractivity contribution in [3.05, 3.63) is 35.4 Å². The molecule has 0 aliphatic rings. The van der Waals surface area contributed by atoms with Crippen LogP contribution in [0.3, 0.4) is 0 Å². The number of aryl methyl sites for hydroxylation is 1. The minimum atomic E-state index is -0.513. The van der Waals surface area contributed by atoms with Crippen LogP contribution >= 0.6 is 0 Å². The lowest BCUT2D eigenvalue weighted by Gasteiger charge is -2.03. The standard InChI is InChI=1S/C11H13NO3/c1-8-4-6-9(7-5-8)10(12-15-3)11(13)14-2/h4-7H,1-3H3. The molecule has 1 rings (SSSR count). The van der Waals surface area contributed by atoms with Crippen molar-refractivity contribution >= 4 is 11.7 Å². The Labute approximate surface area is 88.5 Å². The van der Waals surface area contributed by atoms with Gasteiger partial charge in [0, 0.05) is 5.56 Å². The molecule has 4 heteroatoms. The zero-order valence-corrected chi connectivity index (χ0v) is 8.98. The number of nitrogens with zero attached hydrogens (tertiary/aromatic N) is 1. The Balaban J connectivity index is 3.05. The van der Waals surface area contributed by atoms with Gasteiger partial charge in [0.2, 0.25) is 0 Å². The third-order valence-electron chi connectivity index (χ3n) is 1.89. The molecule has 4 nitrogen and oxygen atoms in total. The van der Waals surface area contributed by atoms with E-state index in [1.807, 2.05) is 19.1 Å². The number of ether oxygens (including phenoxy) is 1. The van der Waals surface area contributed by atoms with Crippen LogP contribution in [-0.2, 0) is 14.4 Å². The first kappa shape index (κ1) is 11.2. The molecule has 0 bridgehead atoms. The van der Waals surface area contributed by atoms with Gasteiger partial charge in [-0.2, -0.15) is 0 Å². The molecule has 0 heterocycles. The van der Waals surface area contributed by atoms with E-state index in [4.69, 9.17) is 0 Å². The van der Waals surface area contributed by atoms with E-state index in [9.17, 15) is 4.79 Å². The van der Waals surface area contributed by atoms with Crippen LogP contribution in [0.1, 0.15) is 11.1 Å². The minimum Gasteiger partial charge on any atom is -0.464 e. The summed E-state index contributed by atoms with van der Waals surface area (Å²) >= 11 is 0. The van der Waals surface area contributed by atoms with Crippen LogP contribution in [0.25, 0.3) is 0 Å². The Bertz CT molecular complexity index is 368. The maximum Gasteiger partial charge on any atom is 0.360 e. The van der Waals surface area contributed by atoms with Crippen LogP contribution in [0, 0.1) is 6.92 Å². The van der Waals surface area contributed by atoms with Gasteiger partial charge in [0.05, 0.1) is 7.11 Å². The predicted molar refractivity (Wildman–Crippen MR) is 56.7 cm³/mol. The Morgan fingerprint density at radius 3 is 2.27 bits per heavy atom. The lowest BCUT2D eigenvalue weighted by Crippen LogP contribution is -2.17. The van der Waals surface area contributed by atoms with Crippen molar-refractivity contribution in [3.8, 4) is 0 Å². The second kappa shape index (κ2) is 5.14. The summed E-state index contributed by atoms with van der Waals surface area (Å²) in [6, 6.07) is 7.38. The quantitative estimate of drug-likeness (QED) is 0.429. The normalized spacial score (nSPS) is 11.0. The highest BCUT2D eigenvalue weighted by atomic mass is 16.6. The zero-order chi connectivity index (χ0) is 11.3. The van der Waals surface area contributed by atoms with E-state index in [0.717, 1.165) is 5.56 Å². The average Bonchev–Trinajstić information content (AvgIpc) is 2.26. The van der Waals surface area contributed by atoms with Gasteiger partial charge in [-0.25, -0.2) is 4.79 Å². The van der Waals surface area contributed by atoms with Crippen molar-refractivity contribution in [2.45, 2.75) is 6.92 Å². The van der Waals surface area contributed by atoms with Crippen molar-refractivity contribution in [2.24, 2.45) is 5.16 Å². The molecule has 0 unspecified atom stereocenters. The lowest BCUT2D eigenvalue weighted by molar-refractivity contribution is -0.132. The smallest absolute Gasteiger partial charge is 0.360 e. The summed E-state index contributed by atoms with van der Waals surface area (Å²) < 4.78 is 4.60. The Morgan fingerprint density at radius 1 is 1.20 bits per heavy atom. The Morgan fingerprint density at radius 2 is 1.80 bits per heavy atom. The highest BCUT2D eigenvalue weighted by Gasteiger charge is 2.14. The number of carbonyl (C=O) groups excluding carboxylic acids is 1. The molecule has 15 heavy (non-hydrogen) atoms. The van der Waals surface area contributed by atoms with E-state index in [1.54, 1.807) is 12.1 Å². The van der Waals surface area contributed by atoms with E-state index in [-0.39, 0.29) is 5.71 Å². The van der Waals surface area contributed by atoms with Crippen LogP contribution in [-0.4, -0.2) is 25.9 Å². The van der Waals surface area contributed by atoms with Gasteiger partial charge in [0.25, 0.3) is 0 Å². The second-order valence-corrected chi connectivity index (χ2v) is 2.98.